The van der Waals surface area contributed by atoms with E-state index in [2.05, 4.69) is 10.6 Å². The van der Waals surface area contributed by atoms with Crippen LogP contribution in [0.25, 0.3) is 0 Å². The van der Waals surface area contributed by atoms with Gasteiger partial charge in [-0.25, -0.2) is 4.79 Å². The van der Waals surface area contributed by atoms with Gasteiger partial charge in [-0.3, -0.25) is 14.5 Å². The highest BCUT2D eigenvalue weighted by Crippen LogP contribution is 2.38. The van der Waals surface area contributed by atoms with E-state index in [1.54, 1.807) is 26.4 Å². The molecular formula is C21H29N3O5. The first kappa shape index (κ1) is 21.0. The summed E-state index contributed by atoms with van der Waals surface area (Å²) in [5.41, 5.74) is -0.0320. The summed E-state index contributed by atoms with van der Waals surface area (Å²) in [5, 5.41) is 5.71. The van der Waals surface area contributed by atoms with E-state index >= 15 is 0 Å². The molecule has 1 saturated heterocycles. The lowest BCUT2D eigenvalue weighted by Crippen LogP contribution is -2.54. The molecule has 8 nitrogen and oxygen atoms in total. The Kier molecular flexibility index (Phi) is 6.00. The lowest BCUT2D eigenvalue weighted by Gasteiger charge is -2.36. The van der Waals surface area contributed by atoms with Crippen LogP contribution in [0.2, 0.25) is 0 Å². The Bertz CT molecular complexity index is 812. The van der Waals surface area contributed by atoms with Crippen LogP contribution in [0.1, 0.15) is 51.1 Å². The minimum atomic E-state index is -0.857. The monoisotopic (exact) mass is 403 g/mol. The van der Waals surface area contributed by atoms with E-state index in [0.29, 0.717) is 17.9 Å². The molecule has 0 radical (unpaired) electrons. The maximum atomic E-state index is 13.0. The lowest BCUT2D eigenvalue weighted by atomic mass is 9.73. The number of benzene rings is 1. The maximum Gasteiger partial charge on any atom is 0.325 e. The standard InChI is InChI=1S/C21H29N3O5/c1-13-7-5-6-10-21(13)19(26)24(20(27)23-21)12-18(25)22-14(2)15-8-9-16(28-3)17(11-15)29-4/h8-9,11,13-14H,5-7,10,12H2,1-4H3,(H,22,25)(H,23,27). The summed E-state index contributed by atoms with van der Waals surface area (Å²) < 4.78 is 10.5. The minimum Gasteiger partial charge on any atom is -0.493 e. The zero-order valence-corrected chi connectivity index (χ0v) is 17.4. The molecular weight excluding hydrogens is 374 g/mol. The van der Waals surface area contributed by atoms with E-state index in [0.717, 1.165) is 29.7 Å². The Morgan fingerprint density at radius 1 is 1.28 bits per heavy atom. The van der Waals surface area contributed by atoms with Gasteiger partial charge in [0.15, 0.2) is 11.5 Å². The average molecular weight is 403 g/mol. The number of carbonyl (C=O) groups is 3. The van der Waals surface area contributed by atoms with Crippen LogP contribution in [0.5, 0.6) is 11.5 Å². The van der Waals surface area contributed by atoms with Gasteiger partial charge in [-0.1, -0.05) is 25.8 Å². The van der Waals surface area contributed by atoms with E-state index < -0.39 is 17.5 Å². The van der Waals surface area contributed by atoms with Crippen molar-refractivity contribution < 1.29 is 23.9 Å². The Morgan fingerprint density at radius 3 is 2.66 bits per heavy atom. The largest absolute Gasteiger partial charge is 0.493 e. The molecule has 1 aliphatic carbocycles. The second-order valence-electron chi connectivity index (χ2n) is 7.84. The molecule has 29 heavy (non-hydrogen) atoms. The van der Waals surface area contributed by atoms with Crippen molar-refractivity contribution in [2.24, 2.45) is 5.92 Å². The quantitative estimate of drug-likeness (QED) is 0.711. The third kappa shape index (κ3) is 3.88. The molecule has 1 aromatic rings. The van der Waals surface area contributed by atoms with Gasteiger partial charge in [-0.2, -0.15) is 0 Å². The average Bonchev–Trinajstić information content (AvgIpc) is 2.94. The van der Waals surface area contributed by atoms with Crippen molar-refractivity contribution in [2.45, 2.75) is 51.1 Å². The summed E-state index contributed by atoms with van der Waals surface area (Å²) in [6.07, 6.45) is 3.46. The summed E-state index contributed by atoms with van der Waals surface area (Å²) in [6.45, 7) is 3.52. The molecule has 1 aliphatic heterocycles. The van der Waals surface area contributed by atoms with Crippen LogP contribution < -0.4 is 20.1 Å². The van der Waals surface area contributed by atoms with Crippen molar-refractivity contribution in [1.82, 2.24) is 15.5 Å². The molecule has 3 atom stereocenters. The third-order valence-corrected chi connectivity index (χ3v) is 6.09. The number of carbonyl (C=O) groups excluding carboxylic acids is 3. The van der Waals surface area contributed by atoms with Crippen LogP contribution >= 0.6 is 0 Å². The van der Waals surface area contributed by atoms with Gasteiger partial charge >= 0.3 is 6.03 Å². The molecule has 1 heterocycles. The number of imide groups is 1. The number of nitrogens with zero attached hydrogens (tertiary/aromatic N) is 1. The van der Waals surface area contributed by atoms with Crippen molar-refractivity contribution in [3.05, 3.63) is 23.8 Å². The van der Waals surface area contributed by atoms with E-state index in [1.165, 1.54) is 0 Å². The van der Waals surface area contributed by atoms with E-state index in [-0.39, 0.29) is 24.4 Å². The van der Waals surface area contributed by atoms with Crippen molar-refractivity contribution in [1.29, 1.82) is 0 Å². The first-order chi connectivity index (χ1) is 13.8. The van der Waals surface area contributed by atoms with E-state index in [4.69, 9.17) is 9.47 Å². The van der Waals surface area contributed by atoms with Crippen molar-refractivity contribution >= 4 is 17.8 Å². The van der Waals surface area contributed by atoms with E-state index in [1.807, 2.05) is 19.9 Å². The summed E-state index contributed by atoms with van der Waals surface area (Å²) in [5.74, 6) is 0.542. The highest BCUT2D eigenvalue weighted by atomic mass is 16.5. The number of nitrogens with one attached hydrogen (secondary N) is 2. The predicted octanol–water partition coefficient (Wildman–Crippen LogP) is 2.38. The molecule has 1 saturated carbocycles. The fourth-order valence-corrected chi connectivity index (χ4v) is 4.28. The van der Waals surface area contributed by atoms with Crippen molar-refractivity contribution in [2.75, 3.05) is 20.8 Å². The van der Waals surface area contributed by atoms with Crippen LogP contribution in [0, 0.1) is 5.92 Å². The number of rotatable bonds is 6. The Labute approximate surface area is 170 Å². The van der Waals surface area contributed by atoms with Gasteiger partial charge in [0.2, 0.25) is 5.91 Å². The molecule has 3 unspecified atom stereocenters. The van der Waals surface area contributed by atoms with Gasteiger partial charge in [0.05, 0.1) is 20.3 Å². The molecule has 2 fully saturated rings. The Balaban J connectivity index is 1.66. The summed E-state index contributed by atoms with van der Waals surface area (Å²) >= 11 is 0. The molecule has 3 rings (SSSR count). The smallest absolute Gasteiger partial charge is 0.325 e. The highest BCUT2D eigenvalue weighted by molar-refractivity contribution is 6.09. The summed E-state index contributed by atoms with van der Waals surface area (Å²) in [7, 11) is 3.10. The van der Waals surface area contributed by atoms with Crippen LogP contribution in [0.3, 0.4) is 0 Å². The second kappa shape index (κ2) is 8.31. The first-order valence-electron chi connectivity index (χ1n) is 9.97. The molecule has 1 aromatic carbocycles. The minimum absolute atomic E-state index is 0.0615. The van der Waals surface area contributed by atoms with Gasteiger partial charge in [0, 0.05) is 0 Å². The molecule has 2 N–H and O–H groups in total. The molecule has 0 bridgehead atoms. The van der Waals surface area contributed by atoms with Gasteiger partial charge in [0.1, 0.15) is 12.1 Å². The Hall–Kier alpha value is -2.77. The van der Waals surface area contributed by atoms with Crippen molar-refractivity contribution in [3.8, 4) is 11.5 Å². The molecule has 158 valence electrons. The van der Waals surface area contributed by atoms with Gasteiger partial charge in [-0.05, 0) is 43.4 Å². The SMILES string of the molecule is COc1ccc(C(C)NC(=O)CN2C(=O)NC3(CCCCC3C)C2=O)cc1OC. The molecule has 1 spiro atoms. The fraction of sp³-hybridized carbons (Fsp3) is 0.571. The van der Waals surface area contributed by atoms with Crippen LogP contribution in [-0.4, -0.2) is 49.0 Å². The van der Waals surface area contributed by atoms with Crippen LogP contribution in [0.15, 0.2) is 18.2 Å². The summed E-state index contributed by atoms with van der Waals surface area (Å²) in [6, 6.07) is 4.57. The fourth-order valence-electron chi connectivity index (χ4n) is 4.28. The molecule has 2 aliphatic rings. The lowest BCUT2D eigenvalue weighted by molar-refractivity contribution is -0.137. The van der Waals surface area contributed by atoms with Crippen LogP contribution in [0.4, 0.5) is 4.79 Å². The van der Waals surface area contributed by atoms with E-state index in [9.17, 15) is 14.4 Å². The first-order valence-corrected chi connectivity index (χ1v) is 9.97. The zero-order chi connectivity index (χ0) is 21.2. The van der Waals surface area contributed by atoms with Crippen molar-refractivity contribution in [3.63, 3.8) is 0 Å². The number of methoxy groups -OCH3 is 2. The number of urea groups is 1. The molecule has 8 heteroatoms. The number of amides is 4. The summed E-state index contributed by atoms with van der Waals surface area (Å²) in [4.78, 5) is 39.0. The number of hydrogen-bond acceptors (Lipinski definition) is 5. The molecule has 0 aromatic heterocycles. The Morgan fingerprint density at radius 2 is 2.00 bits per heavy atom. The zero-order valence-electron chi connectivity index (χ0n) is 17.4. The third-order valence-electron chi connectivity index (χ3n) is 6.09. The maximum absolute atomic E-state index is 13.0. The van der Waals surface area contributed by atoms with Gasteiger partial charge in [-0.15, -0.1) is 0 Å². The van der Waals surface area contributed by atoms with Crippen LogP contribution in [-0.2, 0) is 9.59 Å². The topological polar surface area (TPSA) is 97.0 Å². The highest BCUT2D eigenvalue weighted by Gasteiger charge is 2.55. The number of ether oxygens (including phenoxy) is 2. The molecule has 4 amide bonds. The van der Waals surface area contributed by atoms with Gasteiger partial charge in [0.25, 0.3) is 5.91 Å². The number of hydrogen-bond donors (Lipinski definition) is 2. The normalized spacial score (nSPS) is 25.0. The second-order valence-corrected chi connectivity index (χ2v) is 7.84. The predicted molar refractivity (Wildman–Crippen MR) is 107 cm³/mol. The van der Waals surface area contributed by atoms with Gasteiger partial charge < -0.3 is 20.1 Å².